The van der Waals surface area contributed by atoms with E-state index in [1.165, 1.54) is 5.56 Å². The van der Waals surface area contributed by atoms with Crippen LogP contribution in [0, 0.1) is 6.92 Å². The highest BCUT2D eigenvalue weighted by Crippen LogP contribution is 2.25. The van der Waals surface area contributed by atoms with Crippen LogP contribution in [0.5, 0.6) is 0 Å². The minimum Gasteiger partial charge on any atom is -0.337 e. The van der Waals surface area contributed by atoms with E-state index < -0.39 is 0 Å². The minimum absolute atomic E-state index is 0.859. The first-order chi connectivity index (χ1) is 9.81. The van der Waals surface area contributed by atoms with Gasteiger partial charge in [0.2, 0.25) is 0 Å². The number of aryl methyl sites for hydroxylation is 1. The number of imidazole rings is 1. The molecule has 96 valence electrons. The van der Waals surface area contributed by atoms with Gasteiger partial charge in [0.05, 0.1) is 22.7 Å². The fourth-order valence-electron chi connectivity index (χ4n) is 2.42. The molecule has 4 aromatic rings. The first-order valence-corrected chi connectivity index (χ1v) is 6.47. The maximum atomic E-state index is 4.60. The Hall–Kier alpha value is -2.75. The molecule has 0 fully saturated rings. The van der Waals surface area contributed by atoms with Crippen LogP contribution < -0.4 is 0 Å². The van der Waals surface area contributed by atoms with Crippen molar-refractivity contribution >= 4 is 21.9 Å². The summed E-state index contributed by atoms with van der Waals surface area (Å²) in [6.45, 7) is 2.09. The van der Waals surface area contributed by atoms with Gasteiger partial charge in [-0.3, -0.25) is 9.97 Å². The topological polar surface area (TPSA) is 54.5 Å². The highest BCUT2D eigenvalue weighted by molar-refractivity contribution is 5.87. The maximum Gasteiger partial charge on any atom is 0.138 e. The van der Waals surface area contributed by atoms with Gasteiger partial charge >= 0.3 is 0 Å². The number of nitrogens with zero attached hydrogens (tertiary/aromatic N) is 3. The molecule has 0 bridgehead atoms. The van der Waals surface area contributed by atoms with Crippen LogP contribution in [0.4, 0.5) is 0 Å². The van der Waals surface area contributed by atoms with Crippen molar-refractivity contribution in [1.82, 2.24) is 19.9 Å². The predicted molar refractivity (Wildman–Crippen MR) is 79.4 cm³/mol. The first kappa shape index (κ1) is 11.1. The van der Waals surface area contributed by atoms with Crippen LogP contribution in [-0.2, 0) is 0 Å². The van der Waals surface area contributed by atoms with Crippen molar-refractivity contribution in [3.63, 3.8) is 0 Å². The average molecular weight is 260 g/mol. The molecular formula is C16H12N4. The van der Waals surface area contributed by atoms with Gasteiger partial charge in [-0.15, -0.1) is 0 Å². The second kappa shape index (κ2) is 4.13. The van der Waals surface area contributed by atoms with Crippen molar-refractivity contribution < 1.29 is 0 Å². The zero-order chi connectivity index (χ0) is 13.5. The van der Waals surface area contributed by atoms with Crippen LogP contribution in [0.2, 0.25) is 0 Å². The summed E-state index contributed by atoms with van der Waals surface area (Å²) >= 11 is 0. The quantitative estimate of drug-likeness (QED) is 0.570. The van der Waals surface area contributed by atoms with Gasteiger partial charge in [-0.05, 0) is 42.8 Å². The van der Waals surface area contributed by atoms with E-state index in [1.54, 1.807) is 12.4 Å². The number of hydrogen-bond donors (Lipinski definition) is 1. The molecule has 1 N–H and O–H groups in total. The van der Waals surface area contributed by atoms with Gasteiger partial charge in [0.25, 0.3) is 0 Å². The molecule has 4 rings (SSSR count). The third kappa shape index (κ3) is 1.66. The Bertz CT molecular complexity index is 891. The first-order valence-electron chi connectivity index (χ1n) is 6.47. The van der Waals surface area contributed by atoms with Crippen LogP contribution in [-0.4, -0.2) is 19.9 Å². The molecule has 4 heteroatoms. The molecule has 0 radical (unpaired) electrons. The number of hydrogen-bond acceptors (Lipinski definition) is 3. The molecule has 0 aliphatic rings. The Morgan fingerprint density at radius 2 is 1.95 bits per heavy atom. The predicted octanol–water partition coefficient (Wildman–Crippen LogP) is 3.48. The van der Waals surface area contributed by atoms with Gasteiger partial charge in [0.1, 0.15) is 5.82 Å². The Kier molecular flexibility index (Phi) is 2.29. The van der Waals surface area contributed by atoms with E-state index >= 15 is 0 Å². The summed E-state index contributed by atoms with van der Waals surface area (Å²) in [5, 5.41) is 1.16. The molecule has 0 saturated heterocycles. The van der Waals surface area contributed by atoms with Gasteiger partial charge in [0.15, 0.2) is 0 Å². The zero-order valence-corrected chi connectivity index (χ0v) is 11.0. The molecule has 0 aliphatic heterocycles. The molecule has 3 aromatic heterocycles. The van der Waals surface area contributed by atoms with Crippen LogP contribution in [0.25, 0.3) is 33.3 Å². The molecule has 1 aromatic carbocycles. The van der Waals surface area contributed by atoms with Gasteiger partial charge in [-0.1, -0.05) is 0 Å². The van der Waals surface area contributed by atoms with E-state index in [2.05, 4.69) is 32.9 Å². The lowest BCUT2D eigenvalue weighted by atomic mass is 10.1. The molecule has 0 amide bonds. The lowest BCUT2D eigenvalue weighted by Gasteiger charge is -2.03. The molecule has 3 heterocycles. The van der Waals surface area contributed by atoms with E-state index in [0.717, 1.165) is 33.3 Å². The van der Waals surface area contributed by atoms with Crippen molar-refractivity contribution in [3.05, 3.63) is 54.5 Å². The number of benzene rings is 1. The fourth-order valence-corrected chi connectivity index (χ4v) is 2.42. The van der Waals surface area contributed by atoms with Crippen molar-refractivity contribution in [2.45, 2.75) is 6.92 Å². The molecule has 4 nitrogen and oxygen atoms in total. The fraction of sp³-hybridized carbons (Fsp3) is 0.0625. The van der Waals surface area contributed by atoms with Crippen molar-refractivity contribution in [1.29, 1.82) is 0 Å². The maximum absolute atomic E-state index is 4.60. The van der Waals surface area contributed by atoms with Gasteiger partial charge in [0, 0.05) is 23.3 Å². The highest BCUT2D eigenvalue weighted by atomic mass is 14.9. The molecular weight excluding hydrogens is 248 g/mol. The second-order valence-electron chi connectivity index (χ2n) is 4.84. The normalized spacial score (nSPS) is 11.2. The number of aromatic nitrogens is 4. The summed E-state index contributed by atoms with van der Waals surface area (Å²) < 4.78 is 0. The van der Waals surface area contributed by atoms with E-state index in [-0.39, 0.29) is 0 Å². The molecule has 0 unspecified atom stereocenters. The van der Waals surface area contributed by atoms with Crippen molar-refractivity contribution in [2.75, 3.05) is 0 Å². The molecule has 0 saturated carbocycles. The van der Waals surface area contributed by atoms with Crippen LogP contribution in [0.1, 0.15) is 5.56 Å². The van der Waals surface area contributed by atoms with Crippen LogP contribution in [0.3, 0.4) is 0 Å². The number of pyridine rings is 2. The second-order valence-corrected chi connectivity index (χ2v) is 4.84. The largest absolute Gasteiger partial charge is 0.337 e. The highest BCUT2D eigenvalue weighted by Gasteiger charge is 2.07. The number of fused-ring (bicyclic) bond motifs is 2. The summed E-state index contributed by atoms with van der Waals surface area (Å²) in [6.07, 6.45) is 5.38. The third-order valence-electron chi connectivity index (χ3n) is 3.52. The zero-order valence-electron chi connectivity index (χ0n) is 11.0. The van der Waals surface area contributed by atoms with Crippen molar-refractivity contribution in [3.8, 4) is 11.4 Å². The summed E-state index contributed by atoms with van der Waals surface area (Å²) in [4.78, 5) is 16.4. The average Bonchev–Trinajstić information content (AvgIpc) is 2.91. The van der Waals surface area contributed by atoms with E-state index in [4.69, 9.17) is 0 Å². The van der Waals surface area contributed by atoms with Crippen LogP contribution in [0.15, 0.2) is 48.9 Å². The van der Waals surface area contributed by atoms with E-state index in [9.17, 15) is 0 Å². The molecule has 0 aliphatic carbocycles. The van der Waals surface area contributed by atoms with Gasteiger partial charge in [-0.2, -0.15) is 0 Å². The molecule has 0 spiro atoms. The number of aromatic amines is 1. The summed E-state index contributed by atoms with van der Waals surface area (Å²) in [6, 6.07) is 10.1. The Morgan fingerprint density at radius 1 is 1.00 bits per heavy atom. The van der Waals surface area contributed by atoms with Gasteiger partial charge in [-0.25, -0.2) is 4.98 Å². The number of nitrogens with one attached hydrogen (secondary N) is 1. The molecule has 0 atom stereocenters. The van der Waals surface area contributed by atoms with Crippen LogP contribution >= 0.6 is 0 Å². The van der Waals surface area contributed by atoms with Gasteiger partial charge < -0.3 is 4.98 Å². The summed E-state index contributed by atoms with van der Waals surface area (Å²) in [5.41, 5.74) is 5.16. The Balaban J connectivity index is 1.95. The summed E-state index contributed by atoms with van der Waals surface area (Å²) in [5.74, 6) is 0.859. The minimum atomic E-state index is 0.859. The monoisotopic (exact) mass is 260 g/mol. The van der Waals surface area contributed by atoms with E-state index in [1.807, 2.05) is 30.5 Å². The lowest BCUT2D eigenvalue weighted by Crippen LogP contribution is -1.85. The number of rotatable bonds is 1. The van der Waals surface area contributed by atoms with Crippen molar-refractivity contribution in [2.24, 2.45) is 0 Å². The summed E-state index contributed by atoms with van der Waals surface area (Å²) in [7, 11) is 0. The number of H-pyrrole nitrogens is 1. The smallest absolute Gasteiger partial charge is 0.138 e. The standard InChI is InChI=1S/C16H12N4/c1-10-4-7-18-13-3-2-11(8-12(10)13)16-19-14-5-6-17-9-15(14)20-16/h2-9H,1H3,(H,19,20). The Labute approximate surface area is 115 Å². The lowest BCUT2D eigenvalue weighted by molar-refractivity contribution is 1.32. The third-order valence-corrected chi connectivity index (χ3v) is 3.52. The SMILES string of the molecule is Cc1ccnc2ccc(-c3nc4ccncc4[nH]3)cc12. The Morgan fingerprint density at radius 3 is 2.85 bits per heavy atom. The molecule has 20 heavy (non-hydrogen) atoms. The van der Waals surface area contributed by atoms with E-state index in [0.29, 0.717) is 0 Å².